The molecule has 0 spiro atoms. The van der Waals surface area contributed by atoms with Crippen LogP contribution in [0.4, 0.5) is 0 Å². The van der Waals surface area contributed by atoms with Gasteiger partial charge in [0.15, 0.2) is 23.0 Å². The Morgan fingerprint density at radius 3 is 1.32 bits per heavy atom. The van der Waals surface area contributed by atoms with Crippen molar-refractivity contribution in [3.05, 3.63) is 46.5 Å². The molecule has 0 heterocycles. The van der Waals surface area contributed by atoms with E-state index in [-0.39, 0.29) is 36.3 Å². The largest absolute Gasteiger partial charge is 0.493 e. The van der Waals surface area contributed by atoms with Crippen LogP contribution in [0.2, 0.25) is 0 Å². The predicted molar refractivity (Wildman–Crippen MR) is 173 cm³/mol. The van der Waals surface area contributed by atoms with Gasteiger partial charge < -0.3 is 29.6 Å². The Morgan fingerprint density at radius 2 is 1.00 bits per heavy atom. The first-order valence-corrected chi connectivity index (χ1v) is 15.7. The van der Waals surface area contributed by atoms with Gasteiger partial charge in [-0.05, 0) is 88.0 Å². The molecule has 0 aliphatic rings. The van der Waals surface area contributed by atoms with E-state index in [0.717, 1.165) is 72.9 Å². The summed E-state index contributed by atoms with van der Waals surface area (Å²) in [5.74, 6) is 3.50. The second-order valence-corrected chi connectivity index (χ2v) is 11.7. The summed E-state index contributed by atoms with van der Waals surface area (Å²) in [5, 5.41) is 6.76. The minimum atomic E-state index is -3.06. The standard InChI is InChI=1S/C30H48N2O6S.2ClH/c1-7-25-23(11-13-27(35-3)29(25)37-5)15-19-31-17-9-21-39(33,34)22-10-18-32-20-16-24-12-14-28(36-4)30(38-6)26(24)8-2;;/h11-14,31-32H,7-10,15-22H2,1-6H3;2*1H. The van der Waals surface area contributed by atoms with Crippen molar-refractivity contribution in [2.45, 2.75) is 52.4 Å². The van der Waals surface area contributed by atoms with Crippen LogP contribution in [0.25, 0.3) is 0 Å². The van der Waals surface area contributed by atoms with E-state index in [1.54, 1.807) is 28.4 Å². The van der Waals surface area contributed by atoms with E-state index in [2.05, 4.69) is 36.6 Å². The highest BCUT2D eigenvalue weighted by molar-refractivity contribution is 7.91. The zero-order valence-corrected chi connectivity index (χ0v) is 27.9. The van der Waals surface area contributed by atoms with Crippen LogP contribution in [-0.4, -0.2) is 74.5 Å². The SMILES string of the molecule is CCc1c(CCNCCCS(=O)(=O)CCCNCCc2ccc(OC)c(OC)c2CC)ccc(OC)c1OC.Cl.Cl. The molecule has 0 aromatic heterocycles. The maximum atomic E-state index is 12.5. The van der Waals surface area contributed by atoms with E-state index in [9.17, 15) is 8.42 Å². The molecule has 0 unspecified atom stereocenters. The normalized spacial score (nSPS) is 10.9. The molecule has 2 aromatic rings. The van der Waals surface area contributed by atoms with Gasteiger partial charge in [-0.3, -0.25) is 0 Å². The van der Waals surface area contributed by atoms with E-state index >= 15 is 0 Å². The molecule has 2 N–H and O–H groups in total. The van der Waals surface area contributed by atoms with Gasteiger partial charge in [-0.15, -0.1) is 24.8 Å². The molecule has 0 fully saturated rings. The summed E-state index contributed by atoms with van der Waals surface area (Å²) in [6, 6.07) is 8.04. The van der Waals surface area contributed by atoms with Crippen LogP contribution in [0.1, 0.15) is 48.9 Å². The van der Waals surface area contributed by atoms with E-state index in [4.69, 9.17) is 18.9 Å². The number of ether oxygens (including phenoxy) is 4. The third-order valence-corrected chi connectivity index (χ3v) is 8.78. The summed E-state index contributed by atoms with van der Waals surface area (Å²) in [4.78, 5) is 0. The monoisotopic (exact) mass is 636 g/mol. The molecular formula is C30H50Cl2N2O6S. The number of hydrogen-bond acceptors (Lipinski definition) is 8. The molecule has 8 nitrogen and oxygen atoms in total. The third kappa shape index (κ3) is 12.1. The van der Waals surface area contributed by atoms with Gasteiger partial charge in [-0.1, -0.05) is 26.0 Å². The molecule has 0 bridgehead atoms. The van der Waals surface area contributed by atoms with Crippen LogP contribution in [0, 0.1) is 0 Å². The van der Waals surface area contributed by atoms with Gasteiger partial charge in [-0.2, -0.15) is 0 Å². The van der Waals surface area contributed by atoms with Crippen LogP contribution >= 0.6 is 24.8 Å². The Hall–Kier alpha value is -1.91. The second-order valence-electron chi connectivity index (χ2n) is 9.44. The van der Waals surface area contributed by atoms with E-state index in [1.165, 1.54) is 11.1 Å². The van der Waals surface area contributed by atoms with Crippen LogP contribution in [0.15, 0.2) is 24.3 Å². The number of rotatable bonds is 20. The summed E-state index contributed by atoms with van der Waals surface area (Å²) >= 11 is 0. The van der Waals surface area contributed by atoms with Crippen molar-refractivity contribution in [3.63, 3.8) is 0 Å². The lowest BCUT2D eigenvalue weighted by Gasteiger charge is -2.16. The van der Waals surface area contributed by atoms with Gasteiger partial charge >= 0.3 is 0 Å². The highest BCUT2D eigenvalue weighted by Crippen LogP contribution is 2.35. The summed E-state index contributed by atoms with van der Waals surface area (Å²) in [5.41, 5.74) is 4.76. The molecule has 0 saturated heterocycles. The molecule has 0 saturated carbocycles. The average molecular weight is 638 g/mol. The Kier molecular flexibility index (Phi) is 19.9. The smallest absolute Gasteiger partial charge is 0.164 e. The fourth-order valence-corrected chi connectivity index (χ4v) is 6.31. The fraction of sp³-hybridized carbons (Fsp3) is 0.600. The van der Waals surface area contributed by atoms with Crippen molar-refractivity contribution in [2.75, 3.05) is 66.1 Å². The molecule has 41 heavy (non-hydrogen) atoms. The van der Waals surface area contributed by atoms with Crippen LogP contribution in [0.5, 0.6) is 23.0 Å². The van der Waals surface area contributed by atoms with E-state index < -0.39 is 9.84 Å². The van der Waals surface area contributed by atoms with Gasteiger partial charge in [0.2, 0.25) is 0 Å². The lowest BCUT2D eigenvalue weighted by molar-refractivity contribution is 0.351. The van der Waals surface area contributed by atoms with E-state index in [0.29, 0.717) is 25.9 Å². The highest BCUT2D eigenvalue weighted by atomic mass is 35.5. The number of nitrogens with one attached hydrogen (secondary N) is 2. The van der Waals surface area contributed by atoms with Gasteiger partial charge in [0.1, 0.15) is 9.84 Å². The van der Waals surface area contributed by atoms with Gasteiger partial charge in [0.25, 0.3) is 0 Å². The Labute approximate surface area is 260 Å². The first-order chi connectivity index (χ1) is 18.8. The maximum absolute atomic E-state index is 12.5. The zero-order chi connectivity index (χ0) is 28.7. The second kappa shape index (κ2) is 20.9. The number of sulfone groups is 1. The van der Waals surface area contributed by atoms with Crippen molar-refractivity contribution in [2.24, 2.45) is 0 Å². The summed E-state index contributed by atoms with van der Waals surface area (Å²) in [6.07, 6.45) is 4.65. The lowest BCUT2D eigenvalue weighted by Crippen LogP contribution is -2.24. The number of hydrogen-bond donors (Lipinski definition) is 2. The molecule has 0 radical (unpaired) electrons. The van der Waals surface area contributed by atoms with E-state index in [1.807, 2.05) is 12.1 Å². The van der Waals surface area contributed by atoms with Crippen LogP contribution in [0.3, 0.4) is 0 Å². The molecule has 0 aliphatic carbocycles. The summed E-state index contributed by atoms with van der Waals surface area (Å²) < 4.78 is 46.8. The molecule has 0 atom stereocenters. The predicted octanol–water partition coefficient (Wildman–Crippen LogP) is 4.85. The number of halogens is 2. The first kappa shape index (κ1) is 39.1. The Bertz CT molecular complexity index is 1050. The topological polar surface area (TPSA) is 95.1 Å². The number of benzene rings is 2. The molecular weight excluding hydrogens is 587 g/mol. The molecule has 236 valence electrons. The maximum Gasteiger partial charge on any atom is 0.164 e. The van der Waals surface area contributed by atoms with Crippen LogP contribution < -0.4 is 29.6 Å². The summed E-state index contributed by atoms with van der Waals surface area (Å²) in [6.45, 7) is 7.14. The van der Waals surface area contributed by atoms with Gasteiger partial charge in [0, 0.05) is 11.1 Å². The summed E-state index contributed by atoms with van der Waals surface area (Å²) in [7, 11) is 3.56. The van der Waals surface area contributed by atoms with Gasteiger partial charge in [-0.25, -0.2) is 8.42 Å². The molecule has 0 aliphatic heterocycles. The van der Waals surface area contributed by atoms with Crippen molar-refractivity contribution < 1.29 is 27.4 Å². The average Bonchev–Trinajstić information content (AvgIpc) is 2.95. The minimum absolute atomic E-state index is 0. The fourth-order valence-electron chi connectivity index (χ4n) is 4.94. The minimum Gasteiger partial charge on any atom is -0.493 e. The van der Waals surface area contributed by atoms with Crippen molar-refractivity contribution in [1.82, 2.24) is 10.6 Å². The van der Waals surface area contributed by atoms with Crippen molar-refractivity contribution in [1.29, 1.82) is 0 Å². The number of methoxy groups -OCH3 is 4. The Balaban J connectivity index is 0.00000800. The molecule has 2 aromatic carbocycles. The third-order valence-electron chi connectivity index (χ3n) is 6.96. The quantitative estimate of drug-likeness (QED) is 0.199. The van der Waals surface area contributed by atoms with Crippen molar-refractivity contribution in [3.8, 4) is 23.0 Å². The molecule has 2 rings (SSSR count). The first-order valence-electron chi connectivity index (χ1n) is 13.9. The molecule has 0 amide bonds. The molecule has 11 heteroatoms. The lowest BCUT2D eigenvalue weighted by atomic mass is 10.0. The van der Waals surface area contributed by atoms with Crippen LogP contribution in [-0.2, 0) is 35.5 Å². The highest BCUT2D eigenvalue weighted by Gasteiger charge is 2.15. The zero-order valence-electron chi connectivity index (χ0n) is 25.5. The van der Waals surface area contributed by atoms with Crippen molar-refractivity contribution >= 4 is 34.7 Å². The van der Waals surface area contributed by atoms with Gasteiger partial charge in [0.05, 0.1) is 39.9 Å². The Morgan fingerprint density at radius 1 is 0.610 bits per heavy atom.